The number of aryl methyl sites for hydroxylation is 1. The summed E-state index contributed by atoms with van der Waals surface area (Å²) in [7, 11) is 0. The number of aromatic nitrogens is 1. The molecule has 1 aromatic heterocycles. The Morgan fingerprint density at radius 2 is 1.95 bits per heavy atom. The predicted octanol–water partition coefficient (Wildman–Crippen LogP) is 3.23. The van der Waals surface area contributed by atoms with Gasteiger partial charge in [-0.25, -0.2) is 0 Å². The van der Waals surface area contributed by atoms with Gasteiger partial charge in [-0.15, -0.1) is 0 Å². The van der Waals surface area contributed by atoms with Crippen molar-refractivity contribution in [3.8, 4) is 5.75 Å². The number of ether oxygens (including phenoxy) is 1. The van der Waals surface area contributed by atoms with Crippen LogP contribution in [0.4, 0.5) is 0 Å². The third kappa shape index (κ3) is 3.32. The number of rotatable bonds is 4. The third-order valence-electron chi connectivity index (χ3n) is 2.93. The molecule has 2 rings (SSSR count). The molecule has 0 spiro atoms. The Morgan fingerprint density at radius 1 is 1.16 bits per heavy atom. The maximum absolute atomic E-state index is 6.30. The summed E-state index contributed by atoms with van der Waals surface area (Å²) in [5.41, 5.74) is 9.32. The van der Waals surface area contributed by atoms with E-state index in [4.69, 9.17) is 10.5 Å². The molecule has 1 heterocycles. The molecule has 0 saturated carbocycles. The largest absolute Gasteiger partial charge is 0.491 e. The number of hydrogen-bond acceptors (Lipinski definition) is 3. The Labute approximate surface area is 114 Å². The zero-order chi connectivity index (χ0) is 13.8. The molecule has 3 heteroatoms. The SMILES string of the molecule is Cc1cccnc1C(N)c1cccc(OC(C)C)c1. The first kappa shape index (κ1) is 13.6. The Morgan fingerprint density at radius 3 is 2.63 bits per heavy atom. The average molecular weight is 256 g/mol. The maximum atomic E-state index is 6.30. The molecule has 0 aliphatic carbocycles. The first-order valence-corrected chi connectivity index (χ1v) is 6.51. The minimum Gasteiger partial charge on any atom is -0.491 e. The van der Waals surface area contributed by atoms with Gasteiger partial charge < -0.3 is 10.5 Å². The zero-order valence-corrected chi connectivity index (χ0v) is 11.6. The average Bonchev–Trinajstić information content (AvgIpc) is 2.38. The van der Waals surface area contributed by atoms with E-state index in [1.807, 2.05) is 57.2 Å². The molecule has 3 nitrogen and oxygen atoms in total. The summed E-state index contributed by atoms with van der Waals surface area (Å²) < 4.78 is 5.70. The lowest BCUT2D eigenvalue weighted by Gasteiger charge is -2.16. The van der Waals surface area contributed by atoms with Gasteiger partial charge >= 0.3 is 0 Å². The smallest absolute Gasteiger partial charge is 0.120 e. The number of benzene rings is 1. The number of nitrogens with two attached hydrogens (primary N) is 1. The van der Waals surface area contributed by atoms with Gasteiger partial charge in [0, 0.05) is 6.20 Å². The second-order valence-electron chi connectivity index (χ2n) is 4.92. The Balaban J connectivity index is 2.29. The highest BCUT2D eigenvalue weighted by atomic mass is 16.5. The Bertz CT molecular complexity index is 552. The molecule has 1 atom stereocenters. The van der Waals surface area contributed by atoms with Gasteiger partial charge in [-0.2, -0.15) is 0 Å². The van der Waals surface area contributed by atoms with Gasteiger partial charge in [-0.3, -0.25) is 4.98 Å². The second-order valence-corrected chi connectivity index (χ2v) is 4.92. The first-order chi connectivity index (χ1) is 9.08. The van der Waals surface area contributed by atoms with E-state index < -0.39 is 0 Å². The van der Waals surface area contributed by atoms with Gasteiger partial charge in [-0.05, 0) is 50.1 Å². The molecule has 1 unspecified atom stereocenters. The third-order valence-corrected chi connectivity index (χ3v) is 2.93. The molecule has 0 aliphatic rings. The van der Waals surface area contributed by atoms with Crippen LogP contribution in [-0.2, 0) is 0 Å². The van der Waals surface area contributed by atoms with E-state index in [2.05, 4.69) is 4.98 Å². The highest BCUT2D eigenvalue weighted by Gasteiger charge is 2.13. The standard InChI is InChI=1S/C16H20N2O/c1-11(2)19-14-8-4-7-13(10-14)15(17)16-12(3)6-5-9-18-16/h4-11,15H,17H2,1-3H3. The van der Waals surface area contributed by atoms with Crippen molar-refractivity contribution < 1.29 is 4.74 Å². The molecular weight excluding hydrogens is 236 g/mol. The predicted molar refractivity (Wildman–Crippen MR) is 77.2 cm³/mol. The Kier molecular flexibility index (Phi) is 4.17. The fourth-order valence-corrected chi connectivity index (χ4v) is 2.03. The molecule has 0 aliphatic heterocycles. The van der Waals surface area contributed by atoms with Crippen LogP contribution in [0.15, 0.2) is 42.6 Å². The van der Waals surface area contributed by atoms with Crippen molar-refractivity contribution in [2.45, 2.75) is 32.9 Å². The zero-order valence-electron chi connectivity index (χ0n) is 11.6. The van der Waals surface area contributed by atoms with Crippen LogP contribution in [0.5, 0.6) is 5.75 Å². The molecule has 0 saturated heterocycles. The highest BCUT2D eigenvalue weighted by molar-refractivity contribution is 5.36. The van der Waals surface area contributed by atoms with Gasteiger partial charge in [0.1, 0.15) is 5.75 Å². The van der Waals surface area contributed by atoms with Crippen LogP contribution >= 0.6 is 0 Å². The molecule has 0 fully saturated rings. The molecule has 0 radical (unpaired) electrons. The van der Waals surface area contributed by atoms with E-state index in [9.17, 15) is 0 Å². The highest BCUT2D eigenvalue weighted by Crippen LogP contribution is 2.24. The van der Waals surface area contributed by atoms with Crippen molar-refractivity contribution in [2.24, 2.45) is 5.73 Å². The van der Waals surface area contributed by atoms with E-state index in [-0.39, 0.29) is 12.1 Å². The molecule has 0 amide bonds. The number of pyridine rings is 1. The molecule has 1 aromatic carbocycles. The summed E-state index contributed by atoms with van der Waals surface area (Å²) >= 11 is 0. The molecular formula is C16H20N2O. The van der Waals surface area contributed by atoms with E-state index >= 15 is 0 Å². The minimum atomic E-state index is -0.225. The topological polar surface area (TPSA) is 48.1 Å². The van der Waals surface area contributed by atoms with E-state index in [0.29, 0.717) is 0 Å². The van der Waals surface area contributed by atoms with E-state index in [0.717, 1.165) is 22.6 Å². The second kappa shape index (κ2) is 5.85. The van der Waals surface area contributed by atoms with Crippen LogP contribution in [-0.4, -0.2) is 11.1 Å². The van der Waals surface area contributed by atoms with Gasteiger partial charge in [0.05, 0.1) is 17.8 Å². The number of nitrogens with zero attached hydrogens (tertiary/aromatic N) is 1. The van der Waals surface area contributed by atoms with Gasteiger partial charge in [-0.1, -0.05) is 18.2 Å². The van der Waals surface area contributed by atoms with Crippen molar-refractivity contribution >= 4 is 0 Å². The fourth-order valence-electron chi connectivity index (χ4n) is 2.03. The summed E-state index contributed by atoms with van der Waals surface area (Å²) in [6.07, 6.45) is 1.93. The van der Waals surface area contributed by atoms with Gasteiger partial charge in [0.25, 0.3) is 0 Å². The fraction of sp³-hybridized carbons (Fsp3) is 0.312. The van der Waals surface area contributed by atoms with Crippen LogP contribution in [0.1, 0.15) is 36.7 Å². The summed E-state index contributed by atoms with van der Waals surface area (Å²) in [6.45, 7) is 6.04. The molecule has 19 heavy (non-hydrogen) atoms. The summed E-state index contributed by atoms with van der Waals surface area (Å²) in [5.74, 6) is 0.844. The summed E-state index contributed by atoms with van der Waals surface area (Å²) in [5, 5.41) is 0. The van der Waals surface area contributed by atoms with Crippen LogP contribution in [0, 0.1) is 6.92 Å². The lowest BCUT2D eigenvalue weighted by molar-refractivity contribution is 0.242. The van der Waals surface area contributed by atoms with E-state index in [1.165, 1.54) is 0 Å². The monoisotopic (exact) mass is 256 g/mol. The van der Waals surface area contributed by atoms with Crippen LogP contribution in [0.2, 0.25) is 0 Å². The summed E-state index contributed by atoms with van der Waals surface area (Å²) in [6, 6.07) is 11.6. The maximum Gasteiger partial charge on any atom is 0.120 e. The van der Waals surface area contributed by atoms with Crippen LogP contribution in [0.25, 0.3) is 0 Å². The molecule has 2 aromatic rings. The van der Waals surface area contributed by atoms with Crippen LogP contribution in [0.3, 0.4) is 0 Å². The number of hydrogen-bond donors (Lipinski definition) is 1. The first-order valence-electron chi connectivity index (χ1n) is 6.51. The van der Waals surface area contributed by atoms with Gasteiger partial charge in [0.15, 0.2) is 0 Å². The van der Waals surface area contributed by atoms with Crippen molar-refractivity contribution in [1.29, 1.82) is 0 Å². The van der Waals surface area contributed by atoms with Crippen LogP contribution < -0.4 is 10.5 Å². The van der Waals surface area contributed by atoms with Crippen molar-refractivity contribution in [1.82, 2.24) is 4.98 Å². The molecule has 2 N–H and O–H groups in total. The van der Waals surface area contributed by atoms with Gasteiger partial charge in [0.2, 0.25) is 0 Å². The van der Waals surface area contributed by atoms with Crippen molar-refractivity contribution in [2.75, 3.05) is 0 Å². The van der Waals surface area contributed by atoms with Crippen molar-refractivity contribution in [3.05, 3.63) is 59.4 Å². The minimum absolute atomic E-state index is 0.156. The molecule has 0 bridgehead atoms. The van der Waals surface area contributed by atoms with E-state index in [1.54, 1.807) is 6.20 Å². The molecule has 100 valence electrons. The lowest BCUT2D eigenvalue weighted by Crippen LogP contribution is -2.15. The lowest BCUT2D eigenvalue weighted by atomic mass is 10.0. The summed E-state index contributed by atoms with van der Waals surface area (Å²) in [4.78, 5) is 4.38. The Hall–Kier alpha value is -1.87. The van der Waals surface area contributed by atoms with Crippen molar-refractivity contribution in [3.63, 3.8) is 0 Å². The normalized spacial score (nSPS) is 12.5. The quantitative estimate of drug-likeness (QED) is 0.913.